The lowest BCUT2D eigenvalue weighted by Gasteiger charge is -2.30. The van der Waals surface area contributed by atoms with Gasteiger partial charge in [0.1, 0.15) is 0 Å². The molecule has 1 aliphatic heterocycles. The summed E-state index contributed by atoms with van der Waals surface area (Å²) >= 11 is 0. The van der Waals surface area contributed by atoms with Crippen molar-refractivity contribution in [2.45, 2.75) is 17.9 Å². The van der Waals surface area contributed by atoms with Gasteiger partial charge < -0.3 is 14.6 Å². The number of sulfonamides is 1. The van der Waals surface area contributed by atoms with Gasteiger partial charge in [0, 0.05) is 38.9 Å². The summed E-state index contributed by atoms with van der Waals surface area (Å²) in [6.07, 6.45) is 0. The quantitative estimate of drug-likeness (QED) is 0.624. The van der Waals surface area contributed by atoms with E-state index in [0.29, 0.717) is 23.9 Å². The molecule has 2 heterocycles. The molecule has 1 fully saturated rings. The monoisotopic (exact) mass is 431 g/mol. The molecule has 1 unspecified atom stereocenters. The summed E-state index contributed by atoms with van der Waals surface area (Å²) in [5.41, 5.74) is 1.46. The number of hydrogen-bond acceptors (Lipinski definition) is 8. The lowest BCUT2D eigenvalue weighted by Crippen LogP contribution is -2.44. The van der Waals surface area contributed by atoms with Crippen LogP contribution in [0.25, 0.3) is 11.5 Å². The molecule has 3 rings (SSSR count). The molecule has 0 bridgehead atoms. The molecule has 9 nitrogen and oxygen atoms in total. The first kappa shape index (κ1) is 22.7. The summed E-state index contributed by atoms with van der Waals surface area (Å²) in [6.45, 7) is 4.94. The number of rotatable bonds is 7. The highest BCUT2D eigenvalue weighted by atomic mass is 35.5. The van der Waals surface area contributed by atoms with Gasteiger partial charge >= 0.3 is 0 Å². The van der Waals surface area contributed by atoms with Crippen molar-refractivity contribution in [3.8, 4) is 11.5 Å². The fraction of sp³-hybridized carbons (Fsp3) is 0.529. The Hall–Kier alpha value is -1.56. The Morgan fingerprint density at radius 2 is 2.21 bits per heavy atom. The number of halogens is 1. The van der Waals surface area contributed by atoms with Crippen molar-refractivity contribution in [1.29, 1.82) is 0 Å². The molecule has 0 radical (unpaired) electrons. The van der Waals surface area contributed by atoms with E-state index in [1.807, 2.05) is 14.0 Å². The van der Waals surface area contributed by atoms with Gasteiger partial charge in [0.15, 0.2) is 5.82 Å². The second kappa shape index (κ2) is 9.77. The molecule has 1 aliphatic rings. The minimum Gasteiger partial charge on any atom is -0.383 e. The lowest BCUT2D eigenvalue weighted by atomic mass is 10.1. The lowest BCUT2D eigenvalue weighted by molar-refractivity contribution is 0.190. The van der Waals surface area contributed by atoms with Crippen molar-refractivity contribution in [3.63, 3.8) is 0 Å². The van der Waals surface area contributed by atoms with E-state index in [-0.39, 0.29) is 29.9 Å². The van der Waals surface area contributed by atoms with Crippen LogP contribution < -0.4 is 10.0 Å². The van der Waals surface area contributed by atoms with Gasteiger partial charge in [0.2, 0.25) is 10.0 Å². The van der Waals surface area contributed by atoms with E-state index >= 15 is 0 Å². The summed E-state index contributed by atoms with van der Waals surface area (Å²) in [7, 11) is -0.102. The smallest absolute Gasteiger partial charge is 0.258 e. The van der Waals surface area contributed by atoms with Crippen molar-refractivity contribution in [3.05, 3.63) is 29.6 Å². The summed E-state index contributed by atoms with van der Waals surface area (Å²) in [6, 6.07) is 4.88. The highest BCUT2D eigenvalue weighted by molar-refractivity contribution is 7.89. The van der Waals surface area contributed by atoms with E-state index in [1.54, 1.807) is 18.2 Å². The Morgan fingerprint density at radius 1 is 1.43 bits per heavy atom. The number of nitrogens with one attached hydrogen (secondary N) is 2. The number of methoxy groups -OCH3 is 1. The van der Waals surface area contributed by atoms with Crippen LogP contribution in [0.1, 0.15) is 17.4 Å². The van der Waals surface area contributed by atoms with Crippen LogP contribution in [0.3, 0.4) is 0 Å². The van der Waals surface area contributed by atoms with Crippen LogP contribution in [0.2, 0.25) is 0 Å². The number of likely N-dealkylation sites (N-methyl/N-ethyl adjacent to an activating group) is 1. The van der Waals surface area contributed by atoms with Crippen molar-refractivity contribution in [1.82, 2.24) is 25.1 Å². The van der Waals surface area contributed by atoms with Crippen LogP contribution in [-0.2, 0) is 14.8 Å². The number of nitrogens with zero attached hydrogens (tertiary/aromatic N) is 3. The largest absolute Gasteiger partial charge is 0.383 e. The van der Waals surface area contributed by atoms with Gasteiger partial charge in [-0.15, -0.1) is 12.4 Å². The Bertz CT molecular complexity index is 889. The minimum absolute atomic E-state index is 0. The normalized spacial score (nSPS) is 18.0. The number of aryl methyl sites for hydroxylation is 1. The molecule has 0 amide bonds. The molecule has 1 atom stereocenters. The maximum absolute atomic E-state index is 12.4. The topological polar surface area (TPSA) is 110 Å². The number of hydrogen-bond donors (Lipinski definition) is 2. The van der Waals surface area contributed by atoms with Crippen LogP contribution in [0, 0.1) is 6.92 Å². The summed E-state index contributed by atoms with van der Waals surface area (Å²) < 4.78 is 37.7. The predicted octanol–water partition coefficient (Wildman–Crippen LogP) is 0.968. The van der Waals surface area contributed by atoms with E-state index in [0.717, 1.165) is 25.2 Å². The maximum Gasteiger partial charge on any atom is 0.258 e. The van der Waals surface area contributed by atoms with Gasteiger partial charge in [-0.3, -0.25) is 4.90 Å². The fourth-order valence-corrected chi connectivity index (χ4v) is 3.97. The van der Waals surface area contributed by atoms with Gasteiger partial charge in [-0.1, -0.05) is 11.2 Å². The van der Waals surface area contributed by atoms with Crippen LogP contribution in [0.4, 0.5) is 0 Å². The van der Waals surface area contributed by atoms with Gasteiger partial charge in [0.25, 0.3) is 5.89 Å². The van der Waals surface area contributed by atoms with Crippen LogP contribution in [0.15, 0.2) is 27.6 Å². The summed E-state index contributed by atoms with van der Waals surface area (Å²) in [5.74, 6) is 0.904. The Balaban J connectivity index is 0.00000280. The molecule has 0 spiro atoms. The van der Waals surface area contributed by atoms with E-state index < -0.39 is 10.0 Å². The third-order valence-electron chi connectivity index (χ3n) is 4.60. The predicted molar refractivity (Wildman–Crippen MR) is 107 cm³/mol. The third kappa shape index (κ3) is 5.07. The molecule has 0 saturated carbocycles. The second-order valence-corrected chi connectivity index (χ2v) is 8.29. The SMILES string of the molecule is COCCNS(=O)(=O)c1ccc(C)c(-c2nc(C3CNCCN3C)no2)c1.Cl. The van der Waals surface area contributed by atoms with Gasteiger partial charge in [0.05, 0.1) is 17.5 Å². The Morgan fingerprint density at radius 3 is 2.93 bits per heavy atom. The molecule has 11 heteroatoms. The van der Waals surface area contributed by atoms with E-state index in [9.17, 15) is 8.42 Å². The average Bonchev–Trinajstić information content (AvgIpc) is 3.12. The molecule has 28 heavy (non-hydrogen) atoms. The van der Waals surface area contributed by atoms with Gasteiger partial charge in [-0.05, 0) is 31.7 Å². The molecule has 2 aromatic rings. The molecule has 0 aliphatic carbocycles. The van der Waals surface area contributed by atoms with Crippen LogP contribution >= 0.6 is 12.4 Å². The maximum atomic E-state index is 12.4. The molecule has 2 N–H and O–H groups in total. The molecular formula is C17H26ClN5O4S. The number of ether oxygens (including phenoxy) is 1. The Kier molecular flexibility index (Phi) is 7.93. The van der Waals surface area contributed by atoms with Crippen molar-refractivity contribution in [2.24, 2.45) is 0 Å². The number of benzene rings is 1. The molecule has 1 aromatic carbocycles. The van der Waals surface area contributed by atoms with Crippen molar-refractivity contribution in [2.75, 3.05) is 46.9 Å². The van der Waals surface area contributed by atoms with Crippen LogP contribution in [0.5, 0.6) is 0 Å². The fourth-order valence-electron chi connectivity index (χ4n) is 2.93. The number of piperazine rings is 1. The molecule has 1 saturated heterocycles. The highest BCUT2D eigenvalue weighted by Crippen LogP contribution is 2.27. The summed E-state index contributed by atoms with van der Waals surface area (Å²) in [4.78, 5) is 6.83. The number of aromatic nitrogens is 2. The third-order valence-corrected chi connectivity index (χ3v) is 6.06. The molecule has 1 aromatic heterocycles. The zero-order valence-electron chi connectivity index (χ0n) is 16.1. The van der Waals surface area contributed by atoms with Gasteiger partial charge in [-0.25, -0.2) is 13.1 Å². The van der Waals surface area contributed by atoms with Crippen molar-refractivity contribution < 1.29 is 17.7 Å². The zero-order chi connectivity index (χ0) is 19.4. The van der Waals surface area contributed by atoms with Crippen molar-refractivity contribution >= 4 is 22.4 Å². The average molecular weight is 432 g/mol. The standard InChI is InChI=1S/C17H25N5O4S.ClH/c1-12-4-5-13(27(23,24)19-7-9-25-3)10-14(12)17-20-16(21-26-17)15-11-18-6-8-22(15)2;/h4-5,10,15,18-19H,6-9,11H2,1-3H3;1H. The summed E-state index contributed by atoms with van der Waals surface area (Å²) in [5, 5.41) is 7.43. The first-order valence-electron chi connectivity index (χ1n) is 8.76. The van der Waals surface area contributed by atoms with E-state index in [1.165, 1.54) is 7.11 Å². The Labute approximate surface area is 171 Å². The van der Waals surface area contributed by atoms with E-state index in [2.05, 4.69) is 25.1 Å². The second-order valence-electron chi connectivity index (χ2n) is 6.53. The zero-order valence-corrected chi connectivity index (χ0v) is 17.8. The molecular weight excluding hydrogens is 406 g/mol. The van der Waals surface area contributed by atoms with Gasteiger partial charge in [-0.2, -0.15) is 4.98 Å². The highest BCUT2D eigenvalue weighted by Gasteiger charge is 2.26. The van der Waals surface area contributed by atoms with E-state index in [4.69, 9.17) is 9.26 Å². The van der Waals surface area contributed by atoms with Crippen LogP contribution in [-0.4, -0.2) is 70.4 Å². The minimum atomic E-state index is -3.64. The molecule has 156 valence electrons. The first-order valence-corrected chi connectivity index (χ1v) is 10.2. The first-order chi connectivity index (χ1) is 12.9.